The van der Waals surface area contributed by atoms with Crippen molar-refractivity contribution in [2.24, 2.45) is 0 Å². The van der Waals surface area contributed by atoms with Gasteiger partial charge in [0.2, 0.25) is 0 Å². The molecule has 0 aliphatic heterocycles. The van der Waals surface area contributed by atoms with Gasteiger partial charge in [0.15, 0.2) is 17.8 Å². The van der Waals surface area contributed by atoms with Crippen molar-refractivity contribution in [1.29, 1.82) is 0 Å². The lowest BCUT2D eigenvalue weighted by molar-refractivity contribution is -0.127. The van der Waals surface area contributed by atoms with Gasteiger partial charge in [-0.3, -0.25) is 4.79 Å². The van der Waals surface area contributed by atoms with E-state index in [4.69, 9.17) is 4.74 Å². The Labute approximate surface area is 137 Å². The number of aldehydes is 1. The molecule has 3 nitrogen and oxygen atoms in total. The molecular weight excluding hydrogens is 321 g/mol. The van der Waals surface area contributed by atoms with Crippen LogP contribution >= 0.6 is 0 Å². The van der Waals surface area contributed by atoms with E-state index in [2.05, 4.69) is 0 Å². The van der Waals surface area contributed by atoms with Crippen LogP contribution in [0.15, 0.2) is 36.4 Å². The molecule has 0 aliphatic carbocycles. The summed E-state index contributed by atoms with van der Waals surface area (Å²) in [5.74, 6) is -0.0686. The molecule has 6 heteroatoms. The summed E-state index contributed by atoms with van der Waals surface area (Å²) in [5.41, 5.74) is 1.61. The number of phenols is 1. The maximum atomic E-state index is 12.3. The van der Waals surface area contributed by atoms with Gasteiger partial charge < -0.3 is 9.84 Å². The Bertz CT molecular complexity index is 747. The number of hydrogen-bond acceptors (Lipinski definition) is 3. The topological polar surface area (TPSA) is 46.5 Å². The van der Waals surface area contributed by atoms with E-state index in [1.807, 2.05) is 0 Å². The smallest absolute Gasteiger partial charge is 0.393 e. The molecule has 0 aromatic heterocycles. The van der Waals surface area contributed by atoms with E-state index in [9.17, 15) is 23.1 Å². The van der Waals surface area contributed by atoms with Crippen LogP contribution in [0.3, 0.4) is 0 Å². The zero-order chi connectivity index (χ0) is 17.7. The van der Waals surface area contributed by atoms with E-state index in [-0.39, 0.29) is 22.6 Å². The lowest BCUT2D eigenvalue weighted by Crippen LogP contribution is -2.11. The first-order valence-electron chi connectivity index (χ1n) is 7.02. The molecule has 0 atom stereocenters. The number of benzene rings is 2. The molecule has 0 fully saturated rings. The van der Waals surface area contributed by atoms with Crippen molar-refractivity contribution in [3.05, 3.63) is 58.7 Å². The third kappa shape index (κ3) is 4.62. The summed E-state index contributed by atoms with van der Waals surface area (Å²) in [4.78, 5) is 10.9. The number of carbonyl (C=O) groups is 1. The highest BCUT2D eigenvalue weighted by Gasteiger charge is 2.27. The molecule has 0 radical (unpaired) electrons. The minimum atomic E-state index is -4.23. The van der Waals surface area contributed by atoms with Gasteiger partial charge in [-0.05, 0) is 28.8 Å². The van der Waals surface area contributed by atoms with E-state index in [0.717, 1.165) is 0 Å². The number of ether oxygens (including phenoxy) is 1. The molecule has 0 saturated heterocycles. The summed E-state index contributed by atoms with van der Waals surface area (Å²) < 4.78 is 41.9. The minimum Gasteiger partial charge on any atom is -0.504 e. The minimum absolute atomic E-state index is 0.0922. The van der Waals surface area contributed by atoms with Gasteiger partial charge in [0.05, 0.1) is 19.1 Å². The molecule has 0 aliphatic rings. The van der Waals surface area contributed by atoms with Gasteiger partial charge in [-0.25, -0.2) is 0 Å². The second-order valence-corrected chi connectivity index (χ2v) is 5.15. The van der Waals surface area contributed by atoms with Crippen molar-refractivity contribution < 1.29 is 27.8 Å². The van der Waals surface area contributed by atoms with E-state index in [0.29, 0.717) is 17.4 Å². The molecule has 2 aromatic rings. The number of aromatic hydroxyl groups is 1. The molecule has 0 unspecified atom stereocenters. The maximum absolute atomic E-state index is 12.3. The number of hydrogen-bond donors (Lipinski definition) is 1. The average molecular weight is 336 g/mol. The van der Waals surface area contributed by atoms with E-state index in [1.54, 1.807) is 30.4 Å². The van der Waals surface area contributed by atoms with Crippen LogP contribution in [0, 0.1) is 0 Å². The quantitative estimate of drug-likeness (QED) is 0.646. The molecule has 0 saturated carbocycles. The van der Waals surface area contributed by atoms with Crippen LogP contribution in [0.1, 0.15) is 27.0 Å². The van der Waals surface area contributed by atoms with Crippen LogP contribution in [-0.4, -0.2) is 24.7 Å². The highest BCUT2D eigenvalue weighted by Crippen LogP contribution is 2.31. The predicted molar refractivity (Wildman–Crippen MR) is 85.2 cm³/mol. The monoisotopic (exact) mass is 336 g/mol. The molecule has 1 N–H and O–H groups in total. The summed E-state index contributed by atoms with van der Waals surface area (Å²) in [7, 11) is 1.37. The summed E-state index contributed by atoms with van der Waals surface area (Å²) >= 11 is 0. The lowest BCUT2D eigenvalue weighted by Gasteiger charge is -2.07. The van der Waals surface area contributed by atoms with Crippen molar-refractivity contribution in [3.8, 4) is 11.5 Å². The lowest BCUT2D eigenvalue weighted by atomic mass is 10.1. The second kappa shape index (κ2) is 7.21. The van der Waals surface area contributed by atoms with Crippen molar-refractivity contribution in [3.63, 3.8) is 0 Å². The number of phenolic OH excluding ortho intramolecular Hbond substituents is 1. The van der Waals surface area contributed by atoms with E-state index in [1.165, 1.54) is 25.3 Å². The van der Waals surface area contributed by atoms with Crippen LogP contribution in [0.25, 0.3) is 12.2 Å². The van der Waals surface area contributed by atoms with Gasteiger partial charge in [-0.1, -0.05) is 36.4 Å². The van der Waals surface area contributed by atoms with E-state index < -0.39 is 12.6 Å². The van der Waals surface area contributed by atoms with Crippen LogP contribution in [0.5, 0.6) is 11.5 Å². The molecular formula is C18H15F3O3. The molecule has 0 spiro atoms. The molecule has 0 heterocycles. The van der Waals surface area contributed by atoms with Gasteiger partial charge in [-0.2, -0.15) is 13.2 Å². The van der Waals surface area contributed by atoms with E-state index >= 15 is 0 Å². The highest BCUT2D eigenvalue weighted by atomic mass is 19.4. The number of carbonyl (C=O) groups excluding carboxylic acids is 1. The highest BCUT2D eigenvalue weighted by molar-refractivity contribution is 5.84. The summed E-state index contributed by atoms with van der Waals surface area (Å²) in [6.45, 7) is 0. The molecule has 2 aromatic carbocycles. The van der Waals surface area contributed by atoms with Crippen molar-refractivity contribution in [1.82, 2.24) is 0 Å². The molecule has 0 bridgehead atoms. The van der Waals surface area contributed by atoms with Gasteiger partial charge in [-0.15, -0.1) is 0 Å². The van der Waals surface area contributed by atoms with Crippen LogP contribution in [0.2, 0.25) is 0 Å². The van der Waals surface area contributed by atoms with Gasteiger partial charge in [0.1, 0.15) is 0 Å². The summed E-state index contributed by atoms with van der Waals surface area (Å²) in [6, 6.07) is 9.03. The van der Waals surface area contributed by atoms with Gasteiger partial charge in [0.25, 0.3) is 0 Å². The Morgan fingerprint density at radius 2 is 1.71 bits per heavy atom. The third-order valence-corrected chi connectivity index (χ3v) is 3.33. The zero-order valence-electron chi connectivity index (χ0n) is 12.8. The number of alkyl halides is 3. The summed E-state index contributed by atoms with van der Waals surface area (Å²) in [5, 5.41) is 9.75. The van der Waals surface area contributed by atoms with Crippen molar-refractivity contribution in [2.45, 2.75) is 12.6 Å². The SMILES string of the molecule is COc1cc(/C=C/c2ccc(CC(F)(F)F)cc2)cc(C=O)c1O. The number of halogens is 3. The largest absolute Gasteiger partial charge is 0.504 e. The van der Waals surface area contributed by atoms with Gasteiger partial charge in [0, 0.05) is 0 Å². The van der Waals surface area contributed by atoms with Crippen LogP contribution < -0.4 is 4.74 Å². The fraction of sp³-hybridized carbons (Fsp3) is 0.167. The van der Waals surface area contributed by atoms with Crippen molar-refractivity contribution >= 4 is 18.4 Å². The first-order chi connectivity index (χ1) is 11.3. The molecule has 2 rings (SSSR count). The fourth-order valence-corrected chi connectivity index (χ4v) is 2.16. The van der Waals surface area contributed by atoms with Crippen molar-refractivity contribution in [2.75, 3.05) is 7.11 Å². The third-order valence-electron chi connectivity index (χ3n) is 3.33. The Balaban J connectivity index is 2.20. The Kier molecular flexibility index (Phi) is 5.28. The molecule has 0 amide bonds. The predicted octanol–water partition coefficient (Wildman–Crippen LogP) is 4.49. The Morgan fingerprint density at radius 3 is 2.25 bits per heavy atom. The molecule has 24 heavy (non-hydrogen) atoms. The fourth-order valence-electron chi connectivity index (χ4n) is 2.16. The second-order valence-electron chi connectivity index (χ2n) is 5.15. The number of rotatable bonds is 5. The van der Waals surface area contributed by atoms with Gasteiger partial charge >= 0.3 is 6.18 Å². The Morgan fingerprint density at radius 1 is 1.08 bits per heavy atom. The average Bonchev–Trinajstić information content (AvgIpc) is 2.53. The normalized spacial score (nSPS) is 11.7. The maximum Gasteiger partial charge on any atom is 0.393 e. The Hall–Kier alpha value is -2.76. The van der Waals surface area contributed by atoms with Crippen LogP contribution in [-0.2, 0) is 6.42 Å². The number of methoxy groups -OCH3 is 1. The standard InChI is InChI=1S/C18H15F3O3/c1-24-16-9-14(8-15(11-22)17(16)23)7-4-12-2-5-13(6-3-12)10-18(19,20)21/h2-9,11,23H,10H2,1H3/b7-4+. The first kappa shape index (κ1) is 17.6. The summed E-state index contributed by atoms with van der Waals surface area (Å²) in [6.07, 6.45) is -1.31. The first-order valence-corrected chi connectivity index (χ1v) is 7.02. The van der Waals surface area contributed by atoms with Crippen LogP contribution in [0.4, 0.5) is 13.2 Å². The molecule has 126 valence electrons. The zero-order valence-corrected chi connectivity index (χ0v) is 12.8.